The van der Waals surface area contributed by atoms with Crippen molar-refractivity contribution in [1.82, 2.24) is 5.32 Å². The van der Waals surface area contributed by atoms with E-state index in [1.807, 2.05) is 18.2 Å². The van der Waals surface area contributed by atoms with Gasteiger partial charge in [-0.1, -0.05) is 35.2 Å². The molecule has 1 saturated carbocycles. The van der Waals surface area contributed by atoms with Crippen LogP contribution in [0.25, 0.3) is 0 Å². The second kappa shape index (κ2) is 7.53. The van der Waals surface area contributed by atoms with E-state index in [1.54, 1.807) is 7.11 Å². The van der Waals surface area contributed by atoms with Crippen molar-refractivity contribution in [2.24, 2.45) is 10.7 Å². The number of aliphatic imine (C=N–C) groups is 1. The zero-order chi connectivity index (χ0) is 14.4. The Balaban J connectivity index is 1.95. The molecule has 20 heavy (non-hydrogen) atoms. The molecule has 0 unspecified atom stereocenters. The molecule has 1 aliphatic carbocycles. The molecule has 110 valence electrons. The third-order valence-corrected chi connectivity index (χ3v) is 4.11. The lowest BCUT2D eigenvalue weighted by molar-refractivity contribution is 0.408. The molecule has 0 atom stereocenters. The van der Waals surface area contributed by atoms with Gasteiger partial charge in [0.25, 0.3) is 0 Å². The first-order valence-electron chi connectivity index (χ1n) is 7.08. The molecule has 1 aliphatic rings. The number of hydrogen-bond acceptors (Lipinski definition) is 2. The van der Waals surface area contributed by atoms with E-state index in [4.69, 9.17) is 10.5 Å². The van der Waals surface area contributed by atoms with Crippen molar-refractivity contribution >= 4 is 21.9 Å². The first-order valence-corrected chi connectivity index (χ1v) is 7.87. The van der Waals surface area contributed by atoms with Crippen molar-refractivity contribution in [3.05, 3.63) is 28.2 Å². The number of nitrogens with two attached hydrogens (primary N) is 1. The summed E-state index contributed by atoms with van der Waals surface area (Å²) >= 11 is 3.46. The second-order valence-electron chi connectivity index (χ2n) is 5.14. The van der Waals surface area contributed by atoms with Crippen LogP contribution in [0.4, 0.5) is 0 Å². The number of nitrogens with zero attached hydrogens (tertiary/aromatic N) is 1. The minimum atomic E-state index is 0.483. The molecule has 1 aromatic rings. The molecule has 2 rings (SSSR count). The fraction of sp³-hybridized carbons (Fsp3) is 0.533. The Morgan fingerprint density at radius 2 is 2.15 bits per heavy atom. The zero-order valence-corrected chi connectivity index (χ0v) is 13.4. The Bertz CT molecular complexity index is 470. The maximum Gasteiger partial charge on any atom is 0.189 e. The largest absolute Gasteiger partial charge is 0.496 e. The van der Waals surface area contributed by atoms with E-state index in [1.165, 1.54) is 32.1 Å². The number of halogens is 1. The van der Waals surface area contributed by atoms with Crippen LogP contribution in [-0.2, 0) is 6.54 Å². The van der Waals surface area contributed by atoms with Crippen LogP contribution in [0.3, 0.4) is 0 Å². The predicted molar refractivity (Wildman–Crippen MR) is 86.0 cm³/mol. The summed E-state index contributed by atoms with van der Waals surface area (Å²) in [6, 6.07) is 6.38. The highest BCUT2D eigenvalue weighted by atomic mass is 79.9. The van der Waals surface area contributed by atoms with Gasteiger partial charge < -0.3 is 15.8 Å². The molecule has 3 N–H and O–H groups in total. The lowest BCUT2D eigenvalue weighted by Crippen LogP contribution is -2.41. The number of benzene rings is 1. The van der Waals surface area contributed by atoms with E-state index in [0.717, 1.165) is 15.8 Å². The molecule has 0 bridgehead atoms. The summed E-state index contributed by atoms with van der Waals surface area (Å²) in [6.45, 7) is 0.522. The summed E-state index contributed by atoms with van der Waals surface area (Å²) in [6.07, 6.45) is 6.28. The molecular weight excluding hydrogens is 318 g/mol. The molecule has 0 saturated heterocycles. The highest BCUT2D eigenvalue weighted by Gasteiger charge is 2.13. The van der Waals surface area contributed by atoms with Crippen molar-refractivity contribution in [3.63, 3.8) is 0 Å². The summed E-state index contributed by atoms with van der Waals surface area (Å²) in [7, 11) is 1.67. The van der Waals surface area contributed by atoms with Gasteiger partial charge in [0.15, 0.2) is 5.96 Å². The fourth-order valence-electron chi connectivity index (χ4n) is 2.54. The summed E-state index contributed by atoms with van der Waals surface area (Å²) in [5.41, 5.74) is 6.99. The molecule has 0 amide bonds. The molecule has 0 aromatic heterocycles. The van der Waals surface area contributed by atoms with Crippen molar-refractivity contribution in [3.8, 4) is 5.75 Å². The summed E-state index contributed by atoms with van der Waals surface area (Å²) < 4.78 is 6.35. The fourth-order valence-corrected chi connectivity index (χ4v) is 2.95. The van der Waals surface area contributed by atoms with Crippen molar-refractivity contribution in [1.29, 1.82) is 0 Å². The third-order valence-electron chi connectivity index (χ3n) is 3.62. The zero-order valence-electron chi connectivity index (χ0n) is 11.9. The van der Waals surface area contributed by atoms with E-state index in [0.29, 0.717) is 18.5 Å². The Kier molecular flexibility index (Phi) is 5.71. The van der Waals surface area contributed by atoms with E-state index >= 15 is 0 Å². The molecule has 0 spiro atoms. The van der Waals surface area contributed by atoms with Crippen LogP contribution < -0.4 is 15.8 Å². The SMILES string of the molecule is COc1ccc(Br)cc1CN=C(N)NC1CCCCC1. The quantitative estimate of drug-likeness (QED) is 0.654. The van der Waals surface area contributed by atoms with Gasteiger partial charge in [0, 0.05) is 16.1 Å². The molecule has 5 heteroatoms. The molecule has 4 nitrogen and oxygen atoms in total. The smallest absolute Gasteiger partial charge is 0.189 e. The number of ether oxygens (including phenoxy) is 1. The highest BCUT2D eigenvalue weighted by molar-refractivity contribution is 9.10. The van der Waals surface area contributed by atoms with Gasteiger partial charge in [0.2, 0.25) is 0 Å². The first-order chi connectivity index (χ1) is 9.69. The number of hydrogen-bond donors (Lipinski definition) is 2. The standard InChI is InChI=1S/C15H22BrN3O/c1-20-14-8-7-12(16)9-11(14)10-18-15(17)19-13-5-3-2-4-6-13/h7-9,13H,2-6,10H2,1H3,(H3,17,18,19). The van der Waals surface area contributed by atoms with Gasteiger partial charge in [-0.05, 0) is 31.0 Å². The van der Waals surface area contributed by atoms with Crippen LogP contribution in [0.1, 0.15) is 37.7 Å². The number of methoxy groups -OCH3 is 1. The van der Waals surface area contributed by atoms with Gasteiger partial charge in [-0.15, -0.1) is 0 Å². The van der Waals surface area contributed by atoms with E-state index in [-0.39, 0.29) is 0 Å². The van der Waals surface area contributed by atoms with Crippen molar-refractivity contribution in [2.45, 2.75) is 44.7 Å². The average Bonchev–Trinajstić information content (AvgIpc) is 2.46. The second-order valence-corrected chi connectivity index (χ2v) is 6.05. The van der Waals surface area contributed by atoms with Crippen LogP contribution in [0.5, 0.6) is 5.75 Å². The Morgan fingerprint density at radius 1 is 1.40 bits per heavy atom. The minimum absolute atomic E-state index is 0.483. The van der Waals surface area contributed by atoms with Crippen LogP contribution >= 0.6 is 15.9 Å². The number of guanidine groups is 1. The van der Waals surface area contributed by atoms with Gasteiger partial charge >= 0.3 is 0 Å². The van der Waals surface area contributed by atoms with Crippen LogP contribution in [0.2, 0.25) is 0 Å². The summed E-state index contributed by atoms with van der Waals surface area (Å²) in [4.78, 5) is 4.42. The van der Waals surface area contributed by atoms with Crippen LogP contribution in [0.15, 0.2) is 27.7 Å². The third kappa shape index (κ3) is 4.40. The van der Waals surface area contributed by atoms with Gasteiger partial charge in [0.05, 0.1) is 13.7 Å². The normalized spacial score (nSPS) is 17.0. The lowest BCUT2D eigenvalue weighted by Gasteiger charge is -2.23. The number of nitrogens with one attached hydrogen (secondary N) is 1. The predicted octanol–water partition coefficient (Wildman–Crippen LogP) is 3.19. The molecule has 0 radical (unpaired) electrons. The highest BCUT2D eigenvalue weighted by Crippen LogP contribution is 2.23. The molecule has 1 aromatic carbocycles. The van der Waals surface area contributed by atoms with Gasteiger partial charge in [0.1, 0.15) is 5.75 Å². The van der Waals surface area contributed by atoms with Gasteiger partial charge in [-0.25, -0.2) is 4.99 Å². The first kappa shape index (κ1) is 15.2. The maximum absolute atomic E-state index is 5.97. The van der Waals surface area contributed by atoms with E-state index in [9.17, 15) is 0 Å². The van der Waals surface area contributed by atoms with E-state index in [2.05, 4.69) is 26.2 Å². The van der Waals surface area contributed by atoms with Crippen LogP contribution in [-0.4, -0.2) is 19.1 Å². The molecular formula is C15H22BrN3O. The Morgan fingerprint density at radius 3 is 2.85 bits per heavy atom. The Hall–Kier alpha value is -1.23. The molecule has 1 fully saturated rings. The lowest BCUT2D eigenvalue weighted by atomic mass is 9.96. The minimum Gasteiger partial charge on any atom is -0.496 e. The molecule has 0 heterocycles. The average molecular weight is 340 g/mol. The Labute approximate surface area is 128 Å². The number of rotatable bonds is 4. The van der Waals surface area contributed by atoms with Crippen molar-refractivity contribution in [2.75, 3.05) is 7.11 Å². The monoisotopic (exact) mass is 339 g/mol. The molecule has 0 aliphatic heterocycles. The summed E-state index contributed by atoms with van der Waals surface area (Å²) in [5.74, 6) is 1.36. The van der Waals surface area contributed by atoms with Crippen molar-refractivity contribution < 1.29 is 4.74 Å². The van der Waals surface area contributed by atoms with Crippen LogP contribution in [0, 0.1) is 0 Å². The van der Waals surface area contributed by atoms with Gasteiger partial charge in [-0.3, -0.25) is 0 Å². The van der Waals surface area contributed by atoms with E-state index < -0.39 is 0 Å². The topological polar surface area (TPSA) is 59.6 Å². The maximum atomic E-state index is 5.97. The van der Waals surface area contributed by atoms with Gasteiger partial charge in [-0.2, -0.15) is 0 Å². The summed E-state index contributed by atoms with van der Waals surface area (Å²) in [5, 5.41) is 3.32.